The number of halogens is 1. The van der Waals surface area contributed by atoms with Crippen molar-refractivity contribution >= 4 is 17.4 Å². The zero-order chi connectivity index (χ0) is 10.6. The highest BCUT2D eigenvalue weighted by Crippen LogP contribution is 2.27. The second kappa shape index (κ2) is 5.12. The number of hydrogen-bond donors (Lipinski definition) is 2. The third-order valence-corrected chi connectivity index (χ3v) is 2.12. The molecule has 5 heteroatoms. The molecule has 1 aromatic rings. The second-order valence-corrected chi connectivity index (χ2v) is 3.59. The zero-order valence-electron chi connectivity index (χ0n) is 8.29. The summed E-state index contributed by atoms with van der Waals surface area (Å²) in [5, 5.41) is 12.2. The van der Waals surface area contributed by atoms with E-state index in [0.29, 0.717) is 17.5 Å². The van der Waals surface area contributed by atoms with Gasteiger partial charge in [0.2, 0.25) is 0 Å². The Bertz CT molecular complexity index is 304. The Hall–Kier alpha value is -0.870. The predicted molar refractivity (Wildman–Crippen MR) is 56.7 cm³/mol. The number of rotatable bonds is 4. The number of aromatic nitrogens is 2. The first-order valence-electron chi connectivity index (χ1n) is 4.52. The van der Waals surface area contributed by atoms with Crippen molar-refractivity contribution in [3.8, 4) is 0 Å². The maximum Gasteiger partial charge on any atom is 0.138 e. The molecule has 0 saturated carbocycles. The van der Waals surface area contributed by atoms with Crippen LogP contribution in [0.5, 0.6) is 0 Å². The van der Waals surface area contributed by atoms with Crippen LogP contribution in [0.3, 0.4) is 0 Å². The molecule has 14 heavy (non-hydrogen) atoms. The third kappa shape index (κ3) is 2.56. The maximum absolute atomic E-state index is 8.69. The van der Waals surface area contributed by atoms with E-state index in [2.05, 4.69) is 15.3 Å². The third-order valence-electron chi connectivity index (χ3n) is 1.82. The van der Waals surface area contributed by atoms with Crippen LogP contribution in [0, 0.1) is 0 Å². The molecule has 1 aromatic heterocycles. The van der Waals surface area contributed by atoms with Crippen molar-refractivity contribution in [2.24, 2.45) is 0 Å². The van der Waals surface area contributed by atoms with E-state index in [4.69, 9.17) is 16.7 Å². The molecule has 0 atom stereocenters. The van der Waals surface area contributed by atoms with Gasteiger partial charge in [-0.25, -0.2) is 9.97 Å². The van der Waals surface area contributed by atoms with Crippen molar-refractivity contribution in [3.05, 3.63) is 17.0 Å². The fraction of sp³-hybridized carbons (Fsp3) is 0.556. The highest BCUT2D eigenvalue weighted by atomic mass is 35.5. The quantitative estimate of drug-likeness (QED) is 0.750. The van der Waals surface area contributed by atoms with Crippen molar-refractivity contribution in [2.45, 2.75) is 19.8 Å². The van der Waals surface area contributed by atoms with Gasteiger partial charge < -0.3 is 10.4 Å². The lowest BCUT2D eigenvalue weighted by molar-refractivity contribution is 0.311. The Kier molecular flexibility index (Phi) is 4.10. The van der Waals surface area contributed by atoms with Gasteiger partial charge in [0.1, 0.15) is 17.3 Å². The van der Waals surface area contributed by atoms with Gasteiger partial charge in [-0.15, -0.1) is 0 Å². The minimum absolute atomic E-state index is 0.0686. The van der Waals surface area contributed by atoms with Crippen LogP contribution < -0.4 is 5.32 Å². The number of nitrogens with zero attached hydrogens (tertiary/aromatic N) is 2. The molecule has 2 N–H and O–H groups in total. The number of aliphatic hydroxyl groups excluding tert-OH is 1. The predicted octanol–water partition coefficient (Wildman–Crippen LogP) is 1.66. The summed E-state index contributed by atoms with van der Waals surface area (Å²) in [5.74, 6) is 0.957. The molecular weight excluding hydrogens is 202 g/mol. The van der Waals surface area contributed by atoms with Crippen LogP contribution in [0.25, 0.3) is 0 Å². The molecule has 1 heterocycles. The molecule has 0 aromatic carbocycles. The van der Waals surface area contributed by atoms with Gasteiger partial charge in [0.25, 0.3) is 0 Å². The minimum Gasteiger partial charge on any atom is -0.395 e. The summed E-state index contributed by atoms with van der Waals surface area (Å²) in [7, 11) is 0. The molecule has 4 nitrogen and oxygen atoms in total. The average molecular weight is 216 g/mol. The Morgan fingerprint density at radius 1 is 1.50 bits per heavy atom. The monoisotopic (exact) mass is 215 g/mol. The van der Waals surface area contributed by atoms with E-state index in [1.54, 1.807) is 0 Å². The molecule has 0 saturated heterocycles. The molecule has 0 unspecified atom stereocenters. The first-order valence-corrected chi connectivity index (χ1v) is 4.89. The molecular formula is C9H14ClN3O. The highest BCUT2D eigenvalue weighted by Gasteiger charge is 2.12. The number of nitrogens with one attached hydrogen (secondary N) is 1. The van der Waals surface area contributed by atoms with Gasteiger partial charge in [0.15, 0.2) is 0 Å². The standard InChI is InChI=1S/C9H14ClN3O/c1-6(2)7-8(10)12-5-13-9(7)11-3-4-14/h5-6,14H,3-4H2,1-2H3,(H,11,12,13). The smallest absolute Gasteiger partial charge is 0.138 e. The fourth-order valence-corrected chi connectivity index (χ4v) is 1.55. The van der Waals surface area contributed by atoms with E-state index in [1.165, 1.54) is 6.33 Å². The minimum atomic E-state index is 0.0686. The Balaban J connectivity index is 2.96. The Morgan fingerprint density at radius 2 is 2.21 bits per heavy atom. The molecule has 0 radical (unpaired) electrons. The molecule has 0 aliphatic rings. The van der Waals surface area contributed by atoms with E-state index >= 15 is 0 Å². The molecule has 0 aliphatic heterocycles. The van der Waals surface area contributed by atoms with E-state index in [-0.39, 0.29) is 12.5 Å². The van der Waals surface area contributed by atoms with Crippen LogP contribution in [-0.4, -0.2) is 28.2 Å². The van der Waals surface area contributed by atoms with Crippen LogP contribution in [0.1, 0.15) is 25.3 Å². The lowest BCUT2D eigenvalue weighted by atomic mass is 10.1. The molecule has 1 rings (SSSR count). The van der Waals surface area contributed by atoms with E-state index in [1.807, 2.05) is 13.8 Å². The van der Waals surface area contributed by atoms with Crippen LogP contribution >= 0.6 is 11.6 Å². The molecule has 0 fully saturated rings. The molecule has 0 bridgehead atoms. The summed E-state index contributed by atoms with van der Waals surface area (Å²) < 4.78 is 0. The molecule has 0 amide bonds. The highest BCUT2D eigenvalue weighted by molar-refractivity contribution is 6.30. The second-order valence-electron chi connectivity index (χ2n) is 3.23. The number of hydrogen-bond acceptors (Lipinski definition) is 4. The summed E-state index contributed by atoms with van der Waals surface area (Å²) in [6.07, 6.45) is 1.41. The Labute approximate surface area is 88.3 Å². The lowest BCUT2D eigenvalue weighted by Gasteiger charge is -2.13. The van der Waals surface area contributed by atoms with E-state index < -0.39 is 0 Å². The largest absolute Gasteiger partial charge is 0.395 e. The van der Waals surface area contributed by atoms with Crippen molar-refractivity contribution in [2.75, 3.05) is 18.5 Å². The van der Waals surface area contributed by atoms with E-state index in [0.717, 1.165) is 5.56 Å². The lowest BCUT2D eigenvalue weighted by Crippen LogP contribution is -2.10. The van der Waals surface area contributed by atoms with Gasteiger partial charge in [-0.3, -0.25) is 0 Å². The topological polar surface area (TPSA) is 58.0 Å². The van der Waals surface area contributed by atoms with Crippen molar-refractivity contribution in [1.29, 1.82) is 0 Å². The summed E-state index contributed by atoms with van der Waals surface area (Å²) >= 11 is 5.95. The average Bonchev–Trinajstić information content (AvgIpc) is 2.14. The van der Waals surface area contributed by atoms with Crippen molar-refractivity contribution in [1.82, 2.24) is 9.97 Å². The maximum atomic E-state index is 8.69. The fourth-order valence-electron chi connectivity index (χ4n) is 1.20. The summed E-state index contributed by atoms with van der Waals surface area (Å²) in [4.78, 5) is 8.00. The van der Waals surface area contributed by atoms with Crippen LogP contribution in [-0.2, 0) is 0 Å². The van der Waals surface area contributed by atoms with Crippen LogP contribution in [0.15, 0.2) is 6.33 Å². The van der Waals surface area contributed by atoms with Gasteiger partial charge in [-0.05, 0) is 5.92 Å². The van der Waals surface area contributed by atoms with Crippen molar-refractivity contribution in [3.63, 3.8) is 0 Å². The van der Waals surface area contributed by atoms with Crippen molar-refractivity contribution < 1.29 is 5.11 Å². The van der Waals surface area contributed by atoms with Gasteiger partial charge in [0, 0.05) is 12.1 Å². The molecule has 78 valence electrons. The number of aliphatic hydroxyl groups is 1. The number of anilines is 1. The van der Waals surface area contributed by atoms with Crippen LogP contribution in [0.2, 0.25) is 5.15 Å². The SMILES string of the molecule is CC(C)c1c(Cl)ncnc1NCCO. The van der Waals surface area contributed by atoms with Gasteiger partial charge in [-0.2, -0.15) is 0 Å². The van der Waals surface area contributed by atoms with Gasteiger partial charge in [-0.1, -0.05) is 25.4 Å². The Morgan fingerprint density at radius 3 is 2.79 bits per heavy atom. The first kappa shape index (κ1) is 11.2. The summed E-state index contributed by atoms with van der Waals surface area (Å²) in [5.41, 5.74) is 0.891. The van der Waals surface area contributed by atoms with Gasteiger partial charge in [0.05, 0.1) is 6.61 Å². The molecule has 0 aliphatic carbocycles. The zero-order valence-corrected chi connectivity index (χ0v) is 9.04. The van der Waals surface area contributed by atoms with E-state index in [9.17, 15) is 0 Å². The molecule has 0 spiro atoms. The first-order chi connectivity index (χ1) is 6.66. The van der Waals surface area contributed by atoms with Gasteiger partial charge >= 0.3 is 0 Å². The van der Waals surface area contributed by atoms with Crippen LogP contribution in [0.4, 0.5) is 5.82 Å². The summed E-state index contributed by atoms with van der Waals surface area (Å²) in [6, 6.07) is 0. The normalized spacial score (nSPS) is 10.6. The summed E-state index contributed by atoms with van der Waals surface area (Å²) in [6.45, 7) is 4.58.